The van der Waals surface area contributed by atoms with Crippen LogP contribution in [0.5, 0.6) is 0 Å². The van der Waals surface area contributed by atoms with Crippen LogP contribution >= 0.6 is 0 Å². The molecule has 78 valence electrons. The molecule has 1 aromatic carbocycles. The van der Waals surface area contributed by atoms with E-state index in [0.29, 0.717) is 0 Å². The SMILES string of the molecule is CC(C)(C)N[C@@H](CO)c1ccccc1. The Morgan fingerprint density at radius 2 is 1.79 bits per heavy atom. The zero-order valence-corrected chi connectivity index (χ0v) is 9.12. The zero-order chi connectivity index (χ0) is 10.6. The third-order valence-corrected chi connectivity index (χ3v) is 1.99. The van der Waals surface area contributed by atoms with Gasteiger partial charge < -0.3 is 10.4 Å². The molecule has 1 rings (SSSR count). The van der Waals surface area contributed by atoms with E-state index in [9.17, 15) is 5.11 Å². The van der Waals surface area contributed by atoms with Gasteiger partial charge in [0.05, 0.1) is 12.6 Å². The minimum absolute atomic E-state index is 0.0171. The van der Waals surface area contributed by atoms with Crippen LogP contribution in [-0.4, -0.2) is 17.3 Å². The number of rotatable bonds is 3. The summed E-state index contributed by atoms with van der Waals surface area (Å²) in [7, 11) is 0. The molecule has 0 radical (unpaired) electrons. The molecule has 2 heteroatoms. The summed E-state index contributed by atoms with van der Waals surface area (Å²) in [5.74, 6) is 0. The van der Waals surface area contributed by atoms with Crippen molar-refractivity contribution in [2.45, 2.75) is 32.4 Å². The maximum atomic E-state index is 9.28. The highest BCUT2D eigenvalue weighted by molar-refractivity contribution is 5.19. The van der Waals surface area contributed by atoms with Gasteiger partial charge in [-0.1, -0.05) is 30.3 Å². The second-order valence-electron chi connectivity index (χ2n) is 4.54. The molecular formula is C12H19NO. The van der Waals surface area contributed by atoms with Gasteiger partial charge in [-0.3, -0.25) is 0 Å². The largest absolute Gasteiger partial charge is 0.394 e. The first-order chi connectivity index (χ1) is 6.53. The van der Waals surface area contributed by atoms with Crippen molar-refractivity contribution in [3.05, 3.63) is 35.9 Å². The van der Waals surface area contributed by atoms with Crippen LogP contribution in [-0.2, 0) is 0 Å². The molecule has 0 saturated carbocycles. The zero-order valence-electron chi connectivity index (χ0n) is 9.12. The first kappa shape index (κ1) is 11.2. The second kappa shape index (κ2) is 4.58. The summed E-state index contributed by atoms with van der Waals surface area (Å²) in [5, 5.41) is 12.7. The lowest BCUT2D eigenvalue weighted by atomic mass is 10.0. The smallest absolute Gasteiger partial charge is 0.0626 e. The van der Waals surface area contributed by atoms with Crippen molar-refractivity contribution in [3.8, 4) is 0 Å². The molecule has 0 aliphatic rings. The Bertz CT molecular complexity index is 263. The van der Waals surface area contributed by atoms with Crippen LogP contribution in [0.2, 0.25) is 0 Å². The Kier molecular flexibility index (Phi) is 3.67. The quantitative estimate of drug-likeness (QED) is 0.770. The van der Waals surface area contributed by atoms with Crippen LogP contribution in [0.4, 0.5) is 0 Å². The molecule has 0 bridgehead atoms. The monoisotopic (exact) mass is 193 g/mol. The average molecular weight is 193 g/mol. The van der Waals surface area contributed by atoms with Gasteiger partial charge in [0.2, 0.25) is 0 Å². The van der Waals surface area contributed by atoms with E-state index in [1.807, 2.05) is 30.3 Å². The molecule has 14 heavy (non-hydrogen) atoms. The molecule has 0 aliphatic carbocycles. The summed E-state index contributed by atoms with van der Waals surface area (Å²) in [5.41, 5.74) is 1.15. The third-order valence-electron chi connectivity index (χ3n) is 1.99. The van der Waals surface area contributed by atoms with E-state index in [2.05, 4.69) is 26.1 Å². The molecule has 2 N–H and O–H groups in total. The van der Waals surface area contributed by atoms with Crippen molar-refractivity contribution in [3.63, 3.8) is 0 Å². The molecule has 0 fully saturated rings. The number of aliphatic hydroxyl groups excluding tert-OH is 1. The van der Waals surface area contributed by atoms with Gasteiger partial charge in [-0.05, 0) is 26.3 Å². The van der Waals surface area contributed by atoms with E-state index in [1.165, 1.54) is 0 Å². The standard InChI is InChI=1S/C12H19NO/c1-12(2,3)13-11(9-14)10-7-5-4-6-8-10/h4-8,11,13-14H,9H2,1-3H3/t11-/m0/s1. The first-order valence-corrected chi connectivity index (χ1v) is 4.96. The van der Waals surface area contributed by atoms with Crippen LogP contribution in [0.25, 0.3) is 0 Å². The maximum absolute atomic E-state index is 9.28. The highest BCUT2D eigenvalue weighted by Gasteiger charge is 2.17. The summed E-state index contributed by atoms with van der Waals surface area (Å²) in [6.45, 7) is 6.41. The Labute approximate surface area is 86.0 Å². The van der Waals surface area contributed by atoms with E-state index in [-0.39, 0.29) is 18.2 Å². The molecule has 0 spiro atoms. The predicted octanol–water partition coefficient (Wildman–Crippen LogP) is 2.11. The average Bonchev–Trinajstić information content (AvgIpc) is 2.14. The Morgan fingerprint density at radius 1 is 1.21 bits per heavy atom. The van der Waals surface area contributed by atoms with Crippen molar-refractivity contribution in [1.82, 2.24) is 5.32 Å². The molecule has 0 unspecified atom stereocenters. The first-order valence-electron chi connectivity index (χ1n) is 4.96. The second-order valence-corrected chi connectivity index (χ2v) is 4.54. The summed E-state index contributed by atoms with van der Waals surface area (Å²) in [6, 6.07) is 10.0. The highest BCUT2D eigenvalue weighted by atomic mass is 16.3. The van der Waals surface area contributed by atoms with Gasteiger partial charge in [-0.25, -0.2) is 0 Å². The van der Waals surface area contributed by atoms with E-state index in [4.69, 9.17) is 0 Å². The van der Waals surface area contributed by atoms with Gasteiger partial charge in [0, 0.05) is 5.54 Å². The van der Waals surface area contributed by atoms with E-state index in [0.717, 1.165) is 5.56 Å². The van der Waals surface area contributed by atoms with E-state index in [1.54, 1.807) is 0 Å². The van der Waals surface area contributed by atoms with Crippen LogP contribution in [0.15, 0.2) is 30.3 Å². The minimum Gasteiger partial charge on any atom is -0.394 e. The Balaban J connectivity index is 2.73. The molecule has 0 saturated heterocycles. The summed E-state index contributed by atoms with van der Waals surface area (Å²) < 4.78 is 0. The van der Waals surface area contributed by atoms with Crippen LogP contribution in [0.3, 0.4) is 0 Å². The lowest BCUT2D eigenvalue weighted by molar-refractivity contribution is 0.217. The van der Waals surface area contributed by atoms with E-state index < -0.39 is 0 Å². The molecule has 0 aliphatic heterocycles. The van der Waals surface area contributed by atoms with Crippen molar-refractivity contribution < 1.29 is 5.11 Å². The minimum atomic E-state index is 0.0171. The van der Waals surface area contributed by atoms with Gasteiger partial charge in [0.15, 0.2) is 0 Å². The number of aliphatic hydroxyl groups is 1. The maximum Gasteiger partial charge on any atom is 0.0626 e. The topological polar surface area (TPSA) is 32.3 Å². The Hall–Kier alpha value is -0.860. The highest BCUT2D eigenvalue weighted by Crippen LogP contribution is 2.15. The number of hydrogen-bond donors (Lipinski definition) is 2. The van der Waals surface area contributed by atoms with Crippen LogP contribution in [0.1, 0.15) is 32.4 Å². The van der Waals surface area contributed by atoms with Crippen LogP contribution in [0, 0.1) is 0 Å². The molecule has 0 aromatic heterocycles. The normalized spacial score (nSPS) is 14.0. The fraction of sp³-hybridized carbons (Fsp3) is 0.500. The molecule has 1 atom stereocenters. The van der Waals surface area contributed by atoms with Gasteiger partial charge >= 0.3 is 0 Å². The lowest BCUT2D eigenvalue weighted by Crippen LogP contribution is -2.40. The van der Waals surface area contributed by atoms with Crippen molar-refractivity contribution in [2.24, 2.45) is 0 Å². The molecule has 1 aromatic rings. The molecular weight excluding hydrogens is 174 g/mol. The van der Waals surface area contributed by atoms with E-state index >= 15 is 0 Å². The molecule has 0 heterocycles. The fourth-order valence-electron chi connectivity index (χ4n) is 1.44. The number of benzene rings is 1. The Morgan fingerprint density at radius 3 is 2.21 bits per heavy atom. The van der Waals surface area contributed by atoms with Gasteiger partial charge in [0.25, 0.3) is 0 Å². The third kappa shape index (κ3) is 3.48. The van der Waals surface area contributed by atoms with Crippen LogP contribution < -0.4 is 5.32 Å². The number of nitrogens with one attached hydrogen (secondary N) is 1. The lowest BCUT2D eigenvalue weighted by Gasteiger charge is -2.27. The van der Waals surface area contributed by atoms with Crippen molar-refractivity contribution in [1.29, 1.82) is 0 Å². The molecule has 2 nitrogen and oxygen atoms in total. The summed E-state index contributed by atoms with van der Waals surface area (Å²) in [6.07, 6.45) is 0. The fourth-order valence-corrected chi connectivity index (χ4v) is 1.44. The molecule has 0 amide bonds. The predicted molar refractivity (Wildman–Crippen MR) is 59.2 cm³/mol. The van der Waals surface area contributed by atoms with Gasteiger partial charge in [-0.15, -0.1) is 0 Å². The van der Waals surface area contributed by atoms with Crippen molar-refractivity contribution >= 4 is 0 Å². The summed E-state index contributed by atoms with van der Waals surface area (Å²) >= 11 is 0. The number of hydrogen-bond acceptors (Lipinski definition) is 2. The van der Waals surface area contributed by atoms with Gasteiger partial charge in [0.1, 0.15) is 0 Å². The van der Waals surface area contributed by atoms with Gasteiger partial charge in [-0.2, -0.15) is 0 Å². The summed E-state index contributed by atoms with van der Waals surface area (Å²) in [4.78, 5) is 0. The van der Waals surface area contributed by atoms with Crippen molar-refractivity contribution in [2.75, 3.05) is 6.61 Å².